The third-order valence-corrected chi connectivity index (χ3v) is 5.30. The lowest BCUT2D eigenvalue weighted by atomic mass is 9.99. The molecular formula is C15H22N2O3S. The standard InChI is InChI=1S/C15H22N2O3S/c1-3-10-21(19,20)16-12(2)15(18)17-9-8-13-6-4-5-7-14(13)11-17/h4-7,12,16H,3,8-11H2,1-2H3/t12-/m0/s1. The van der Waals surface area contributed by atoms with Crippen molar-refractivity contribution in [1.29, 1.82) is 0 Å². The molecule has 0 unspecified atom stereocenters. The minimum Gasteiger partial charge on any atom is -0.337 e. The molecule has 1 amide bonds. The molecule has 1 aliphatic rings. The van der Waals surface area contributed by atoms with E-state index in [0.717, 1.165) is 12.0 Å². The molecule has 0 bridgehead atoms. The average molecular weight is 310 g/mol. The molecule has 1 aliphatic heterocycles. The maximum Gasteiger partial charge on any atom is 0.240 e. The highest BCUT2D eigenvalue weighted by atomic mass is 32.2. The summed E-state index contributed by atoms with van der Waals surface area (Å²) < 4.78 is 25.9. The van der Waals surface area contributed by atoms with E-state index in [2.05, 4.69) is 10.8 Å². The fourth-order valence-electron chi connectivity index (χ4n) is 2.61. The Morgan fingerprint density at radius 2 is 2.00 bits per heavy atom. The van der Waals surface area contributed by atoms with E-state index in [1.165, 1.54) is 5.56 Å². The van der Waals surface area contributed by atoms with Gasteiger partial charge in [0.15, 0.2) is 0 Å². The summed E-state index contributed by atoms with van der Waals surface area (Å²) in [6.07, 6.45) is 1.35. The summed E-state index contributed by atoms with van der Waals surface area (Å²) in [5.74, 6) is -0.114. The summed E-state index contributed by atoms with van der Waals surface area (Å²) in [4.78, 5) is 14.1. The molecule has 0 spiro atoms. The summed E-state index contributed by atoms with van der Waals surface area (Å²) in [5.41, 5.74) is 2.40. The van der Waals surface area contributed by atoms with E-state index in [1.807, 2.05) is 18.2 Å². The third-order valence-electron chi connectivity index (χ3n) is 3.64. The van der Waals surface area contributed by atoms with Crippen molar-refractivity contribution in [2.24, 2.45) is 0 Å². The van der Waals surface area contributed by atoms with Crippen LogP contribution in [0.25, 0.3) is 0 Å². The highest BCUT2D eigenvalue weighted by Crippen LogP contribution is 2.19. The second-order valence-corrected chi connectivity index (χ2v) is 7.31. The number of hydrogen-bond donors (Lipinski definition) is 1. The van der Waals surface area contributed by atoms with Crippen molar-refractivity contribution in [3.05, 3.63) is 35.4 Å². The zero-order valence-corrected chi connectivity index (χ0v) is 13.3. The van der Waals surface area contributed by atoms with Crippen molar-refractivity contribution in [2.45, 2.75) is 39.3 Å². The van der Waals surface area contributed by atoms with Crippen LogP contribution in [0.4, 0.5) is 0 Å². The smallest absolute Gasteiger partial charge is 0.240 e. The molecule has 6 heteroatoms. The number of amides is 1. The first-order valence-corrected chi connectivity index (χ1v) is 8.93. The molecule has 2 rings (SSSR count). The molecule has 0 aliphatic carbocycles. The van der Waals surface area contributed by atoms with Crippen molar-refractivity contribution in [3.63, 3.8) is 0 Å². The van der Waals surface area contributed by atoms with Gasteiger partial charge in [0.25, 0.3) is 0 Å². The van der Waals surface area contributed by atoms with Crippen LogP contribution in [0.15, 0.2) is 24.3 Å². The number of carbonyl (C=O) groups excluding carboxylic acids is 1. The maximum absolute atomic E-state index is 12.4. The molecule has 1 aromatic carbocycles. The monoisotopic (exact) mass is 310 g/mol. The summed E-state index contributed by atoms with van der Waals surface area (Å²) in [5, 5.41) is 0. The molecule has 0 saturated heterocycles. The van der Waals surface area contributed by atoms with Crippen molar-refractivity contribution in [2.75, 3.05) is 12.3 Å². The summed E-state index contributed by atoms with van der Waals surface area (Å²) in [7, 11) is -3.37. The van der Waals surface area contributed by atoms with Crippen molar-refractivity contribution in [3.8, 4) is 0 Å². The first-order chi connectivity index (χ1) is 9.93. The summed E-state index contributed by atoms with van der Waals surface area (Å²) in [6, 6.07) is 7.33. The Labute approximate surface area is 126 Å². The van der Waals surface area contributed by atoms with Crippen molar-refractivity contribution < 1.29 is 13.2 Å². The number of rotatable bonds is 5. The number of hydrogen-bond acceptors (Lipinski definition) is 3. The Balaban J connectivity index is 2.01. The van der Waals surface area contributed by atoms with Crippen LogP contribution in [-0.2, 0) is 27.8 Å². The topological polar surface area (TPSA) is 66.5 Å². The average Bonchev–Trinajstić information content (AvgIpc) is 2.45. The Kier molecular flexibility index (Phi) is 5.00. The molecule has 1 atom stereocenters. The van der Waals surface area contributed by atoms with E-state index in [1.54, 1.807) is 18.7 Å². The SMILES string of the molecule is CCCS(=O)(=O)N[C@@H](C)C(=O)N1CCc2ccccc2C1. The normalized spacial score (nSPS) is 16.4. The zero-order valence-electron chi connectivity index (χ0n) is 12.5. The fourth-order valence-corrected chi connectivity index (χ4v) is 3.90. The molecule has 1 N–H and O–H groups in total. The van der Waals surface area contributed by atoms with Gasteiger partial charge in [0.1, 0.15) is 0 Å². The van der Waals surface area contributed by atoms with Crippen molar-refractivity contribution in [1.82, 2.24) is 9.62 Å². The quantitative estimate of drug-likeness (QED) is 0.891. The van der Waals surface area contributed by atoms with E-state index >= 15 is 0 Å². The van der Waals surface area contributed by atoms with Crippen LogP contribution in [0.3, 0.4) is 0 Å². The van der Waals surface area contributed by atoms with Gasteiger partial charge in [0.05, 0.1) is 11.8 Å². The second kappa shape index (κ2) is 6.58. The minimum atomic E-state index is -3.37. The van der Waals surface area contributed by atoms with Gasteiger partial charge < -0.3 is 4.90 Å². The van der Waals surface area contributed by atoms with Gasteiger partial charge in [-0.15, -0.1) is 0 Å². The molecule has 0 aromatic heterocycles. The van der Waals surface area contributed by atoms with E-state index in [4.69, 9.17) is 0 Å². The van der Waals surface area contributed by atoms with Gasteiger partial charge >= 0.3 is 0 Å². The third kappa shape index (κ3) is 4.04. The molecular weight excluding hydrogens is 288 g/mol. The molecule has 0 radical (unpaired) electrons. The van der Waals surface area contributed by atoms with E-state index in [0.29, 0.717) is 19.5 Å². The molecule has 0 fully saturated rings. The Hall–Kier alpha value is -1.40. The lowest BCUT2D eigenvalue weighted by molar-refractivity contribution is -0.133. The number of sulfonamides is 1. The van der Waals surface area contributed by atoms with Crippen LogP contribution in [0.5, 0.6) is 0 Å². The fraction of sp³-hybridized carbons (Fsp3) is 0.533. The van der Waals surface area contributed by atoms with Gasteiger partial charge in [-0.2, -0.15) is 0 Å². The van der Waals surface area contributed by atoms with Crippen LogP contribution < -0.4 is 4.72 Å². The van der Waals surface area contributed by atoms with Crippen LogP contribution in [-0.4, -0.2) is 37.6 Å². The lowest BCUT2D eigenvalue weighted by Gasteiger charge is -2.31. The van der Waals surface area contributed by atoms with Crippen LogP contribution in [0, 0.1) is 0 Å². The Morgan fingerprint density at radius 1 is 1.33 bits per heavy atom. The Bertz CT molecular complexity index is 613. The van der Waals surface area contributed by atoms with Crippen LogP contribution in [0.1, 0.15) is 31.4 Å². The summed E-state index contributed by atoms with van der Waals surface area (Å²) in [6.45, 7) is 4.59. The van der Waals surface area contributed by atoms with E-state index < -0.39 is 16.1 Å². The predicted molar refractivity (Wildman–Crippen MR) is 82.2 cm³/mol. The Morgan fingerprint density at radius 3 is 2.67 bits per heavy atom. The van der Waals surface area contributed by atoms with Crippen LogP contribution >= 0.6 is 0 Å². The highest BCUT2D eigenvalue weighted by Gasteiger charge is 2.26. The molecule has 21 heavy (non-hydrogen) atoms. The molecule has 0 saturated carbocycles. The van der Waals surface area contributed by atoms with Crippen LogP contribution in [0.2, 0.25) is 0 Å². The van der Waals surface area contributed by atoms with Gasteiger partial charge in [-0.1, -0.05) is 31.2 Å². The van der Waals surface area contributed by atoms with Gasteiger partial charge in [-0.25, -0.2) is 13.1 Å². The van der Waals surface area contributed by atoms with E-state index in [9.17, 15) is 13.2 Å². The number of benzene rings is 1. The molecule has 1 heterocycles. The number of nitrogens with zero attached hydrogens (tertiary/aromatic N) is 1. The summed E-state index contributed by atoms with van der Waals surface area (Å²) >= 11 is 0. The predicted octanol–water partition coefficient (Wildman–Crippen LogP) is 1.29. The second-order valence-electron chi connectivity index (χ2n) is 5.44. The zero-order chi connectivity index (χ0) is 15.5. The molecule has 116 valence electrons. The molecule has 5 nitrogen and oxygen atoms in total. The van der Waals surface area contributed by atoms with Gasteiger partial charge in [0, 0.05) is 13.1 Å². The van der Waals surface area contributed by atoms with Gasteiger partial charge in [-0.3, -0.25) is 4.79 Å². The first-order valence-electron chi connectivity index (χ1n) is 7.28. The molecule has 1 aromatic rings. The maximum atomic E-state index is 12.4. The highest BCUT2D eigenvalue weighted by molar-refractivity contribution is 7.89. The first kappa shape index (κ1) is 16.0. The number of carbonyl (C=O) groups is 1. The lowest BCUT2D eigenvalue weighted by Crippen LogP contribution is -2.48. The number of fused-ring (bicyclic) bond motifs is 1. The van der Waals surface area contributed by atoms with Gasteiger partial charge in [0.2, 0.25) is 15.9 Å². The largest absolute Gasteiger partial charge is 0.337 e. The minimum absolute atomic E-state index is 0.0491. The number of nitrogens with one attached hydrogen (secondary N) is 1. The van der Waals surface area contributed by atoms with Crippen molar-refractivity contribution >= 4 is 15.9 Å². The van der Waals surface area contributed by atoms with E-state index in [-0.39, 0.29) is 11.7 Å². The van der Waals surface area contributed by atoms with Gasteiger partial charge in [-0.05, 0) is 30.9 Å².